The normalized spacial score (nSPS) is 21.5. The summed E-state index contributed by atoms with van der Waals surface area (Å²) in [5.41, 5.74) is 6.14. The van der Waals surface area contributed by atoms with Gasteiger partial charge in [0.15, 0.2) is 6.23 Å². The number of hydrogen-bond acceptors (Lipinski definition) is 8. The number of nitrogens with one attached hydrogen (secondary N) is 1. The molecule has 10 nitrogen and oxygen atoms in total. The second kappa shape index (κ2) is 29.2. The van der Waals surface area contributed by atoms with E-state index in [1.807, 2.05) is 13.8 Å². The third kappa shape index (κ3) is 20.2. The van der Waals surface area contributed by atoms with Crippen LogP contribution in [0.4, 0.5) is 4.79 Å². The Morgan fingerprint density at radius 2 is 1.18 bits per heavy atom. The van der Waals surface area contributed by atoms with Gasteiger partial charge >= 0.3 is 6.09 Å². The fraction of sp³-hybridized carbons (Fsp3) is 0.949. The quantitative estimate of drug-likeness (QED) is 0.0488. The number of aliphatic hydroxyl groups excluding tert-OH is 3. The highest BCUT2D eigenvalue weighted by atomic mass is 16.6. The molecule has 10 heteroatoms. The second-order valence-corrected chi connectivity index (χ2v) is 14.9. The monoisotopic (exact) mass is 700 g/mol. The van der Waals surface area contributed by atoms with Crippen LogP contribution >= 0.6 is 0 Å². The summed E-state index contributed by atoms with van der Waals surface area (Å²) in [5, 5.41) is 34.5. The highest BCUT2D eigenvalue weighted by Gasteiger charge is 2.48. The Balaban J connectivity index is 2.80. The lowest BCUT2D eigenvalue weighted by Gasteiger charge is -2.46. The zero-order valence-corrected chi connectivity index (χ0v) is 31.9. The molecular weight excluding hydrogens is 622 g/mol. The number of nitrogens with zero attached hydrogens (tertiary/aromatic N) is 1. The summed E-state index contributed by atoms with van der Waals surface area (Å²) in [6.45, 7) is 8.41. The van der Waals surface area contributed by atoms with Gasteiger partial charge in [-0.1, -0.05) is 156 Å². The van der Waals surface area contributed by atoms with E-state index in [0.29, 0.717) is 19.4 Å². The molecule has 1 heterocycles. The number of rotatable bonds is 30. The summed E-state index contributed by atoms with van der Waals surface area (Å²) < 4.78 is 11.8. The average molecular weight is 700 g/mol. The summed E-state index contributed by atoms with van der Waals surface area (Å²) in [5.74, 6) is -0.318. The van der Waals surface area contributed by atoms with Gasteiger partial charge in [0.25, 0.3) is 0 Å². The Morgan fingerprint density at radius 1 is 0.735 bits per heavy atom. The number of ether oxygens (including phenoxy) is 2. The van der Waals surface area contributed by atoms with Crippen molar-refractivity contribution < 1.29 is 34.4 Å². The third-order valence-electron chi connectivity index (χ3n) is 9.79. The topological polar surface area (TPSA) is 155 Å². The average Bonchev–Trinajstić information content (AvgIpc) is 3.07. The molecule has 0 aromatic carbocycles. The summed E-state index contributed by atoms with van der Waals surface area (Å²) in [6, 6.07) is -1.97. The van der Waals surface area contributed by atoms with Crippen LogP contribution in [0.2, 0.25) is 0 Å². The van der Waals surface area contributed by atoms with E-state index in [-0.39, 0.29) is 12.5 Å². The van der Waals surface area contributed by atoms with E-state index in [4.69, 9.17) is 15.2 Å². The molecule has 1 rings (SSSR count). The zero-order valence-electron chi connectivity index (χ0n) is 31.9. The van der Waals surface area contributed by atoms with Crippen molar-refractivity contribution in [3.8, 4) is 0 Å². The van der Waals surface area contributed by atoms with Gasteiger partial charge in [0.1, 0.15) is 24.4 Å². The van der Waals surface area contributed by atoms with Gasteiger partial charge in [-0.2, -0.15) is 0 Å². The van der Waals surface area contributed by atoms with Gasteiger partial charge in [-0.25, -0.2) is 4.79 Å². The molecule has 0 unspecified atom stereocenters. The van der Waals surface area contributed by atoms with Crippen LogP contribution in [0.25, 0.3) is 0 Å². The number of aliphatic hydroxyl groups is 3. The van der Waals surface area contributed by atoms with Crippen molar-refractivity contribution >= 4 is 12.0 Å². The van der Waals surface area contributed by atoms with Crippen LogP contribution in [-0.4, -0.2) is 88.6 Å². The fourth-order valence-corrected chi connectivity index (χ4v) is 6.68. The van der Waals surface area contributed by atoms with Gasteiger partial charge in [0, 0.05) is 6.54 Å². The Hall–Kier alpha value is -1.46. The Bertz CT molecular complexity index is 817. The smallest absolute Gasteiger partial charge is 0.411 e. The number of carbonyl (C=O) groups is 2. The molecule has 6 atom stereocenters. The van der Waals surface area contributed by atoms with Gasteiger partial charge in [-0.05, 0) is 25.2 Å². The predicted octanol–water partition coefficient (Wildman–Crippen LogP) is 7.34. The van der Waals surface area contributed by atoms with E-state index >= 15 is 0 Å². The summed E-state index contributed by atoms with van der Waals surface area (Å²) in [7, 11) is 0. The maximum Gasteiger partial charge on any atom is 0.411 e. The van der Waals surface area contributed by atoms with Crippen LogP contribution in [0.15, 0.2) is 0 Å². The standard InChI is InChI=1S/C39H77N3O7/c1-5-7-9-11-13-15-17-18-19-21-23-25-27-42(39(47)48-28-26-24-22-20-16-14-12-10-8-6-2)38-34(36(45)35(44)33(30-43)49-38)41-37(46)32(40)29-31(3)4/h31-36,38,43-45H,5-30,40H2,1-4H3,(H,41,46)/t32-,33+,34+,35+,36+,38+/m0/s1. The minimum Gasteiger partial charge on any atom is -0.449 e. The van der Waals surface area contributed by atoms with E-state index in [2.05, 4.69) is 19.2 Å². The molecule has 1 aliphatic heterocycles. The van der Waals surface area contributed by atoms with Crippen molar-refractivity contribution in [2.45, 2.75) is 212 Å². The van der Waals surface area contributed by atoms with Gasteiger partial charge in [-0.15, -0.1) is 0 Å². The van der Waals surface area contributed by atoms with E-state index < -0.39 is 55.2 Å². The molecule has 0 bridgehead atoms. The zero-order chi connectivity index (χ0) is 36.3. The number of amides is 2. The van der Waals surface area contributed by atoms with E-state index in [9.17, 15) is 24.9 Å². The third-order valence-corrected chi connectivity index (χ3v) is 9.79. The van der Waals surface area contributed by atoms with Crippen LogP contribution in [0.5, 0.6) is 0 Å². The lowest BCUT2D eigenvalue weighted by atomic mass is 9.94. The summed E-state index contributed by atoms with van der Waals surface area (Å²) >= 11 is 0. The lowest BCUT2D eigenvalue weighted by Crippen LogP contribution is -2.69. The SMILES string of the molecule is CCCCCCCCCCCCCCN(C(=O)OCCCCCCCCCCCC)[C@@H]1O[C@H](CO)[C@@H](O)[C@H](O)[C@H]1NC(=O)[C@@H](N)CC(C)C. The van der Waals surface area contributed by atoms with Crippen molar-refractivity contribution in [3.63, 3.8) is 0 Å². The van der Waals surface area contributed by atoms with Crippen molar-refractivity contribution in [1.82, 2.24) is 10.2 Å². The number of carbonyl (C=O) groups excluding carboxylic acids is 2. The molecule has 0 aromatic heterocycles. The molecule has 0 saturated carbocycles. The van der Waals surface area contributed by atoms with Crippen LogP contribution in [-0.2, 0) is 14.3 Å². The van der Waals surface area contributed by atoms with Crippen molar-refractivity contribution in [3.05, 3.63) is 0 Å². The molecule has 0 radical (unpaired) electrons. The molecule has 0 spiro atoms. The van der Waals surface area contributed by atoms with Crippen LogP contribution in [0.3, 0.4) is 0 Å². The number of nitrogens with two attached hydrogens (primary N) is 1. The van der Waals surface area contributed by atoms with Gasteiger partial charge in [0.05, 0.1) is 19.3 Å². The fourth-order valence-electron chi connectivity index (χ4n) is 6.68. The van der Waals surface area contributed by atoms with Crippen molar-refractivity contribution in [1.29, 1.82) is 0 Å². The largest absolute Gasteiger partial charge is 0.449 e. The van der Waals surface area contributed by atoms with E-state index in [0.717, 1.165) is 38.5 Å². The van der Waals surface area contributed by atoms with Gasteiger partial charge < -0.3 is 35.8 Å². The molecule has 49 heavy (non-hydrogen) atoms. The predicted molar refractivity (Wildman–Crippen MR) is 198 cm³/mol. The first-order chi connectivity index (χ1) is 23.7. The summed E-state index contributed by atoms with van der Waals surface area (Å²) in [6.07, 6.45) is 20.5. The molecule has 1 aliphatic rings. The highest BCUT2D eigenvalue weighted by molar-refractivity contribution is 5.82. The molecule has 1 saturated heterocycles. The van der Waals surface area contributed by atoms with Crippen LogP contribution in [0, 0.1) is 5.92 Å². The molecule has 0 aromatic rings. The van der Waals surface area contributed by atoms with Crippen LogP contribution in [0.1, 0.15) is 175 Å². The van der Waals surface area contributed by atoms with Crippen molar-refractivity contribution in [2.75, 3.05) is 19.8 Å². The Labute approximate surface area is 299 Å². The first-order valence-electron chi connectivity index (χ1n) is 20.3. The maximum atomic E-state index is 13.6. The second-order valence-electron chi connectivity index (χ2n) is 14.9. The maximum absolute atomic E-state index is 13.6. The Kier molecular flexibility index (Phi) is 27.1. The highest BCUT2D eigenvalue weighted by Crippen LogP contribution is 2.26. The minimum absolute atomic E-state index is 0.177. The molecule has 6 N–H and O–H groups in total. The number of hydrogen-bond donors (Lipinski definition) is 5. The summed E-state index contributed by atoms with van der Waals surface area (Å²) in [4.78, 5) is 28.1. The van der Waals surface area contributed by atoms with Gasteiger partial charge in [0.2, 0.25) is 5.91 Å². The number of unbranched alkanes of at least 4 members (excludes halogenated alkanes) is 20. The van der Waals surface area contributed by atoms with Gasteiger partial charge in [-0.3, -0.25) is 9.69 Å². The minimum atomic E-state index is -1.48. The van der Waals surface area contributed by atoms with E-state index in [1.165, 1.54) is 101 Å². The first kappa shape index (κ1) is 45.6. The molecular formula is C39H77N3O7. The Morgan fingerprint density at radius 3 is 1.63 bits per heavy atom. The molecule has 2 amide bonds. The van der Waals surface area contributed by atoms with Crippen LogP contribution < -0.4 is 11.1 Å². The van der Waals surface area contributed by atoms with Crippen molar-refractivity contribution in [2.24, 2.45) is 11.7 Å². The first-order valence-corrected chi connectivity index (χ1v) is 20.3. The van der Waals surface area contributed by atoms with E-state index in [1.54, 1.807) is 0 Å². The lowest BCUT2D eigenvalue weighted by molar-refractivity contribution is -0.226. The molecule has 290 valence electrons. The molecule has 1 fully saturated rings. The molecule has 0 aliphatic carbocycles.